The van der Waals surface area contributed by atoms with E-state index in [0.717, 1.165) is 24.1 Å². The monoisotopic (exact) mass is 223 g/mol. The number of hydrogen-bond acceptors (Lipinski definition) is 2. The molecule has 0 bridgehead atoms. The van der Waals surface area contributed by atoms with Gasteiger partial charge >= 0.3 is 0 Å². The van der Waals surface area contributed by atoms with Gasteiger partial charge < -0.3 is 10.3 Å². The molecule has 0 aromatic carbocycles. The molecule has 1 heterocycles. The van der Waals surface area contributed by atoms with Crippen LogP contribution in [0.1, 0.15) is 46.2 Å². The third-order valence-corrected chi connectivity index (χ3v) is 2.65. The van der Waals surface area contributed by atoms with E-state index >= 15 is 0 Å². The molecular weight excluding hydrogens is 198 g/mol. The van der Waals surface area contributed by atoms with Crippen molar-refractivity contribution in [1.29, 1.82) is 0 Å². The number of nitrogens with zero attached hydrogens (tertiary/aromatic N) is 1. The van der Waals surface area contributed by atoms with Crippen LogP contribution >= 0.6 is 0 Å². The standard InChI is InChI=1S/C13H25N3/c1-10(2)5-12(6-11(3)4)15-8-13-7-14-9-16-13/h7,9-12,15H,5-6,8H2,1-4H3,(H,14,16). The summed E-state index contributed by atoms with van der Waals surface area (Å²) >= 11 is 0. The van der Waals surface area contributed by atoms with Crippen molar-refractivity contribution in [2.24, 2.45) is 11.8 Å². The van der Waals surface area contributed by atoms with Gasteiger partial charge in [0.05, 0.1) is 6.33 Å². The van der Waals surface area contributed by atoms with Gasteiger partial charge in [0.1, 0.15) is 0 Å². The van der Waals surface area contributed by atoms with Gasteiger partial charge in [0.2, 0.25) is 0 Å². The van der Waals surface area contributed by atoms with Crippen molar-refractivity contribution < 1.29 is 0 Å². The quantitative estimate of drug-likeness (QED) is 0.746. The molecule has 0 fully saturated rings. The molecule has 0 aliphatic heterocycles. The van der Waals surface area contributed by atoms with Gasteiger partial charge in [0, 0.05) is 24.5 Å². The summed E-state index contributed by atoms with van der Waals surface area (Å²) in [5, 5.41) is 3.61. The number of imidazole rings is 1. The summed E-state index contributed by atoms with van der Waals surface area (Å²) in [6.07, 6.45) is 6.10. The van der Waals surface area contributed by atoms with Crippen LogP contribution in [0.4, 0.5) is 0 Å². The summed E-state index contributed by atoms with van der Waals surface area (Å²) in [6.45, 7) is 10.0. The van der Waals surface area contributed by atoms with E-state index in [4.69, 9.17) is 0 Å². The summed E-state index contributed by atoms with van der Waals surface area (Å²) in [5.41, 5.74) is 1.16. The first kappa shape index (κ1) is 13.2. The highest BCUT2D eigenvalue weighted by Crippen LogP contribution is 2.13. The summed E-state index contributed by atoms with van der Waals surface area (Å²) in [4.78, 5) is 7.15. The molecular formula is C13H25N3. The average molecular weight is 223 g/mol. The summed E-state index contributed by atoms with van der Waals surface area (Å²) in [7, 11) is 0. The van der Waals surface area contributed by atoms with Crippen LogP contribution in [0.2, 0.25) is 0 Å². The first-order valence-corrected chi connectivity index (χ1v) is 6.28. The zero-order valence-electron chi connectivity index (χ0n) is 11.0. The van der Waals surface area contributed by atoms with Gasteiger partial charge in [-0.3, -0.25) is 0 Å². The zero-order chi connectivity index (χ0) is 12.0. The Morgan fingerprint density at radius 2 is 1.81 bits per heavy atom. The molecule has 0 saturated heterocycles. The van der Waals surface area contributed by atoms with Gasteiger partial charge in [-0.1, -0.05) is 27.7 Å². The molecule has 1 aromatic heterocycles. The number of rotatable bonds is 7. The number of H-pyrrole nitrogens is 1. The molecule has 0 aliphatic carbocycles. The lowest BCUT2D eigenvalue weighted by Crippen LogP contribution is -2.31. The molecule has 0 saturated carbocycles. The summed E-state index contributed by atoms with van der Waals surface area (Å²) < 4.78 is 0. The van der Waals surface area contributed by atoms with Crippen LogP contribution in [0.15, 0.2) is 12.5 Å². The minimum atomic E-state index is 0.614. The van der Waals surface area contributed by atoms with Gasteiger partial charge in [-0.15, -0.1) is 0 Å². The van der Waals surface area contributed by atoms with E-state index in [1.807, 2.05) is 6.20 Å². The average Bonchev–Trinajstić information content (AvgIpc) is 2.64. The van der Waals surface area contributed by atoms with Crippen molar-refractivity contribution in [3.8, 4) is 0 Å². The lowest BCUT2D eigenvalue weighted by Gasteiger charge is -2.22. The highest BCUT2D eigenvalue weighted by Gasteiger charge is 2.12. The lowest BCUT2D eigenvalue weighted by molar-refractivity contribution is 0.357. The highest BCUT2D eigenvalue weighted by molar-refractivity contribution is 4.93. The smallest absolute Gasteiger partial charge is 0.0922 e. The van der Waals surface area contributed by atoms with Gasteiger partial charge in [0.25, 0.3) is 0 Å². The van der Waals surface area contributed by atoms with Crippen LogP contribution in [0, 0.1) is 11.8 Å². The lowest BCUT2D eigenvalue weighted by atomic mass is 9.95. The second-order valence-corrected chi connectivity index (χ2v) is 5.41. The maximum atomic E-state index is 4.03. The number of aromatic amines is 1. The molecule has 0 radical (unpaired) electrons. The molecule has 92 valence electrons. The van der Waals surface area contributed by atoms with Crippen LogP contribution in [0.3, 0.4) is 0 Å². The van der Waals surface area contributed by atoms with Gasteiger partial charge in [-0.25, -0.2) is 4.98 Å². The summed E-state index contributed by atoms with van der Waals surface area (Å²) in [5.74, 6) is 1.50. The van der Waals surface area contributed by atoms with E-state index in [9.17, 15) is 0 Å². The van der Waals surface area contributed by atoms with Crippen LogP contribution in [0.25, 0.3) is 0 Å². The Kier molecular flexibility index (Phi) is 5.53. The second-order valence-electron chi connectivity index (χ2n) is 5.41. The molecule has 1 rings (SSSR count). The Bertz CT molecular complexity index is 255. The number of hydrogen-bond donors (Lipinski definition) is 2. The second kappa shape index (κ2) is 6.69. The normalized spacial score (nSPS) is 11.9. The van der Waals surface area contributed by atoms with Crippen molar-refractivity contribution in [2.75, 3.05) is 0 Å². The molecule has 3 nitrogen and oxygen atoms in total. The van der Waals surface area contributed by atoms with Crippen molar-refractivity contribution in [1.82, 2.24) is 15.3 Å². The van der Waals surface area contributed by atoms with E-state index in [1.54, 1.807) is 6.33 Å². The molecule has 3 heteroatoms. The predicted molar refractivity (Wildman–Crippen MR) is 68.1 cm³/mol. The predicted octanol–water partition coefficient (Wildman–Crippen LogP) is 2.96. The molecule has 0 spiro atoms. The van der Waals surface area contributed by atoms with E-state index < -0.39 is 0 Å². The molecule has 1 aromatic rings. The fraction of sp³-hybridized carbons (Fsp3) is 0.769. The van der Waals surface area contributed by atoms with Crippen LogP contribution in [0.5, 0.6) is 0 Å². The van der Waals surface area contributed by atoms with Crippen molar-refractivity contribution in [2.45, 2.75) is 53.1 Å². The third kappa shape index (κ3) is 5.31. The minimum absolute atomic E-state index is 0.614. The molecule has 0 unspecified atom stereocenters. The first-order valence-electron chi connectivity index (χ1n) is 6.28. The van der Waals surface area contributed by atoms with Gasteiger partial charge in [-0.05, 0) is 24.7 Å². The largest absolute Gasteiger partial charge is 0.347 e. The molecule has 0 amide bonds. The Balaban J connectivity index is 2.37. The minimum Gasteiger partial charge on any atom is -0.347 e. The number of aromatic nitrogens is 2. The fourth-order valence-corrected chi connectivity index (χ4v) is 2.04. The molecule has 0 aliphatic rings. The molecule has 16 heavy (non-hydrogen) atoms. The number of nitrogens with one attached hydrogen (secondary N) is 2. The SMILES string of the molecule is CC(C)CC(CC(C)C)NCc1cnc[nH]1. The highest BCUT2D eigenvalue weighted by atomic mass is 15.0. The maximum absolute atomic E-state index is 4.03. The topological polar surface area (TPSA) is 40.7 Å². The van der Waals surface area contributed by atoms with Gasteiger partial charge in [0.15, 0.2) is 0 Å². The van der Waals surface area contributed by atoms with Crippen LogP contribution in [-0.2, 0) is 6.54 Å². The van der Waals surface area contributed by atoms with E-state index in [0.29, 0.717) is 6.04 Å². The third-order valence-electron chi connectivity index (χ3n) is 2.65. The first-order chi connectivity index (χ1) is 7.58. The fourth-order valence-electron chi connectivity index (χ4n) is 2.04. The van der Waals surface area contributed by atoms with Crippen LogP contribution < -0.4 is 5.32 Å². The van der Waals surface area contributed by atoms with Crippen molar-refractivity contribution in [3.63, 3.8) is 0 Å². The van der Waals surface area contributed by atoms with Crippen molar-refractivity contribution in [3.05, 3.63) is 18.2 Å². The Morgan fingerprint density at radius 3 is 2.25 bits per heavy atom. The van der Waals surface area contributed by atoms with E-state index in [2.05, 4.69) is 43.0 Å². The molecule has 2 N–H and O–H groups in total. The zero-order valence-corrected chi connectivity index (χ0v) is 11.0. The Labute approximate surface area is 99.1 Å². The Hall–Kier alpha value is -0.830. The summed E-state index contributed by atoms with van der Waals surface area (Å²) in [6, 6.07) is 0.614. The Morgan fingerprint density at radius 1 is 1.19 bits per heavy atom. The maximum Gasteiger partial charge on any atom is 0.0922 e. The van der Waals surface area contributed by atoms with E-state index in [1.165, 1.54) is 12.8 Å². The van der Waals surface area contributed by atoms with E-state index in [-0.39, 0.29) is 0 Å². The molecule has 0 atom stereocenters. The van der Waals surface area contributed by atoms with Gasteiger partial charge in [-0.2, -0.15) is 0 Å². The van der Waals surface area contributed by atoms with Crippen LogP contribution in [-0.4, -0.2) is 16.0 Å². The van der Waals surface area contributed by atoms with Crippen molar-refractivity contribution >= 4 is 0 Å².